The summed E-state index contributed by atoms with van der Waals surface area (Å²) >= 11 is 0. The van der Waals surface area contributed by atoms with E-state index in [0.717, 1.165) is 12.8 Å². The smallest absolute Gasteiger partial charge is 0.253 e. The van der Waals surface area contributed by atoms with Crippen LogP contribution >= 0.6 is 0 Å². The van der Waals surface area contributed by atoms with Crippen LogP contribution in [0.3, 0.4) is 0 Å². The molecule has 1 heterocycles. The van der Waals surface area contributed by atoms with Gasteiger partial charge in [0, 0.05) is 43.3 Å². The largest absolute Gasteiger partial charge is 0.339 e. The second kappa shape index (κ2) is 8.55. The summed E-state index contributed by atoms with van der Waals surface area (Å²) in [6.07, 6.45) is 4.75. The fraction of sp³-hybridized carbons (Fsp3) is 0.571. The number of nitrogens with zero attached hydrogens (tertiary/aromatic N) is 2. The molecular weight excluding hydrogens is 342 g/mol. The highest BCUT2D eigenvalue weighted by Gasteiger charge is 2.38. The topological polar surface area (TPSA) is 69.7 Å². The molecule has 1 aromatic rings. The molecule has 1 atom stereocenters. The highest BCUT2D eigenvalue weighted by atomic mass is 16.2. The van der Waals surface area contributed by atoms with Crippen molar-refractivity contribution in [2.45, 2.75) is 52.0 Å². The van der Waals surface area contributed by atoms with Gasteiger partial charge in [-0.15, -0.1) is 0 Å². The summed E-state index contributed by atoms with van der Waals surface area (Å²) in [5.41, 5.74) is 1.27. The van der Waals surface area contributed by atoms with Crippen LogP contribution in [0.2, 0.25) is 0 Å². The van der Waals surface area contributed by atoms with E-state index < -0.39 is 0 Å². The number of hydrogen-bond acceptors (Lipinski definition) is 3. The number of rotatable bonds is 6. The zero-order valence-electron chi connectivity index (χ0n) is 16.2. The molecule has 6 heteroatoms. The summed E-state index contributed by atoms with van der Waals surface area (Å²) in [7, 11) is 0. The number of carbonyl (C=O) groups excluding carboxylic acids is 3. The molecule has 1 saturated heterocycles. The molecule has 1 aromatic carbocycles. The number of carbonyl (C=O) groups is 3. The van der Waals surface area contributed by atoms with E-state index in [-0.39, 0.29) is 23.6 Å². The highest BCUT2D eigenvalue weighted by molar-refractivity contribution is 5.98. The number of amides is 3. The van der Waals surface area contributed by atoms with Gasteiger partial charge in [0.05, 0.1) is 5.92 Å². The van der Waals surface area contributed by atoms with Crippen LogP contribution in [0, 0.1) is 5.92 Å². The van der Waals surface area contributed by atoms with Gasteiger partial charge in [-0.25, -0.2) is 0 Å². The molecule has 6 nitrogen and oxygen atoms in total. The van der Waals surface area contributed by atoms with Crippen LogP contribution in [0.25, 0.3) is 0 Å². The summed E-state index contributed by atoms with van der Waals surface area (Å²) in [6.45, 7) is 5.76. The van der Waals surface area contributed by atoms with Crippen LogP contribution < -0.4 is 5.32 Å². The Morgan fingerprint density at radius 3 is 2.33 bits per heavy atom. The maximum Gasteiger partial charge on any atom is 0.253 e. The van der Waals surface area contributed by atoms with Crippen molar-refractivity contribution in [3.05, 3.63) is 29.8 Å². The van der Waals surface area contributed by atoms with Crippen molar-refractivity contribution in [1.82, 2.24) is 9.80 Å². The Kier molecular flexibility index (Phi) is 6.14. The fourth-order valence-electron chi connectivity index (χ4n) is 4.11. The lowest BCUT2D eigenvalue weighted by molar-refractivity contribution is -0.129. The summed E-state index contributed by atoms with van der Waals surface area (Å²) in [4.78, 5) is 40.9. The molecular formula is C21H29N3O3. The summed E-state index contributed by atoms with van der Waals surface area (Å²) in [6, 6.07) is 7.29. The molecule has 1 N–H and O–H groups in total. The first-order valence-electron chi connectivity index (χ1n) is 10.0. The highest BCUT2D eigenvalue weighted by Crippen LogP contribution is 2.30. The number of likely N-dealkylation sites (tertiary alicyclic amines) is 1. The Morgan fingerprint density at radius 2 is 1.74 bits per heavy atom. The van der Waals surface area contributed by atoms with Crippen molar-refractivity contribution in [2.24, 2.45) is 5.92 Å². The zero-order chi connectivity index (χ0) is 19.4. The lowest BCUT2D eigenvalue weighted by atomic mass is 10.1. The predicted octanol–water partition coefficient (Wildman–Crippen LogP) is 2.90. The van der Waals surface area contributed by atoms with Gasteiger partial charge in [-0.2, -0.15) is 0 Å². The molecule has 0 spiro atoms. The molecule has 0 aromatic heterocycles. The second-order valence-corrected chi connectivity index (χ2v) is 7.43. The summed E-state index contributed by atoms with van der Waals surface area (Å²) in [5, 5.41) is 2.90. The molecule has 1 aliphatic heterocycles. The van der Waals surface area contributed by atoms with Crippen molar-refractivity contribution >= 4 is 23.4 Å². The van der Waals surface area contributed by atoms with Crippen LogP contribution in [0.5, 0.6) is 0 Å². The number of anilines is 1. The van der Waals surface area contributed by atoms with Crippen molar-refractivity contribution in [3.63, 3.8) is 0 Å². The van der Waals surface area contributed by atoms with Gasteiger partial charge in [0.2, 0.25) is 11.8 Å². The van der Waals surface area contributed by atoms with E-state index in [2.05, 4.69) is 5.32 Å². The molecule has 0 radical (unpaired) electrons. The Bertz CT molecular complexity index is 691. The molecule has 1 saturated carbocycles. The van der Waals surface area contributed by atoms with Crippen molar-refractivity contribution in [1.29, 1.82) is 0 Å². The van der Waals surface area contributed by atoms with Gasteiger partial charge in [-0.1, -0.05) is 12.8 Å². The van der Waals surface area contributed by atoms with Gasteiger partial charge >= 0.3 is 0 Å². The first kappa shape index (κ1) is 19.4. The van der Waals surface area contributed by atoms with E-state index >= 15 is 0 Å². The van der Waals surface area contributed by atoms with E-state index in [1.807, 2.05) is 18.7 Å². The van der Waals surface area contributed by atoms with Gasteiger partial charge in [0.1, 0.15) is 0 Å². The maximum atomic E-state index is 12.6. The van der Waals surface area contributed by atoms with E-state index in [0.29, 0.717) is 43.3 Å². The quantitative estimate of drug-likeness (QED) is 0.836. The van der Waals surface area contributed by atoms with Crippen LogP contribution in [0.1, 0.15) is 56.3 Å². The van der Waals surface area contributed by atoms with Gasteiger partial charge in [-0.05, 0) is 51.0 Å². The van der Waals surface area contributed by atoms with E-state index in [4.69, 9.17) is 0 Å². The summed E-state index contributed by atoms with van der Waals surface area (Å²) in [5.74, 6) is -0.324. The Labute approximate surface area is 160 Å². The molecule has 3 amide bonds. The third kappa shape index (κ3) is 4.31. The molecule has 2 aliphatic rings. The van der Waals surface area contributed by atoms with E-state index in [1.54, 1.807) is 29.2 Å². The normalized spacial score (nSPS) is 20.1. The number of nitrogens with one attached hydrogen (secondary N) is 1. The number of hydrogen-bond donors (Lipinski definition) is 1. The van der Waals surface area contributed by atoms with Gasteiger partial charge in [-0.3, -0.25) is 14.4 Å². The van der Waals surface area contributed by atoms with Crippen molar-refractivity contribution < 1.29 is 14.4 Å². The zero-order valence-corrected chi connectivity index (χ0v) is 16.2. The van der Waals surface area contributed by atoms with Crippen LogP contribution in [0.4, 0.5) is 5.69 Å². The minimum Gasteiger partial charge on any atom is -0.339 e. The Morgan fingerprint density at radius 1 is 1.11 bits per heavy atom. The lowest BCUT2D eigenvalue weighted by Gasteiger charge is -2.23. The van der Waals surface area contributed by atoms with E-state index in [1.165, 1.54) is 12.8 Å². The molecule has 0 unspecified atom stereocenters. The van der Waals surface area contributed by atoms with E-state index in [9.17, 15) is 14.4 Å². The Hall–Kier alpha value is -2.37. The molecule has 146 valence electrons. The fourth-order valence-corrected chi connectivity index (χ4v) is 4.11. The standard InChI is InChI=1S/C21H29N3O3/c1-3-23(4-2)21(27)15-9-11-17(12-10-15)22-20(26)16-13-19(25)24(14-16)18-7-5-6-8-18/h9-12,16,18H,3-8,13-14H2,1-2H3,(H,22,26)/t16-/m0/s1. The third-order valence-electron chi connectivity index (χ3n) is 5.74. The summed E-state index contributed by atoms with van der Waals surface area (Å²) < 4.78 is 0. The minimum atomic E-state index is -0.296. The lowest BCUT2D eigenvalue weighted by Crippen LogP contribution is -2.35. The average molecular weight is 371 g/mol. The van der Waals surface area contributed by atoms with Crippen molar-refractivity contribution in [3.8, 4) is 0 Å². The van der Waals surface area contributed by atoms with Crippen molar-refractivity contribution in [2.75, 3.05) is 25.0 Å². The van der Waals surface area contributed by atoms with Crippen LogP contribution in [0.15, 0.2) is 24.3 Å². The molecule has 2 fully saturated rings. The monoisotopic (exact) mass is 371 g/mol. The molecule has 1 aliphatic carbocycles. The van der Waals surface area contributed by atoms with Gasteiger partial charge in [0.25, 0.3) is 5.91 Å². The maximum absolute atomic E-state index is 12.6. The van der Waals surface area contributed by atoms with Gasteiger partial charge < -0.3 is 15.1 Å². The van der Waals surface area contributed by atoms with Crippen LogP contribution in [-0.2, 0) is 9.59 Å². The first-order chi connectivity index (χ1) is 13.0. The average Bonchev–Trinajstić information content (AvgIpc) is 3.32. The third-order valence-corrected chi connectivity index (χ3v) is 5.74. The second-order valence-electron chi connectivity index (χ2n) is 7.43. The SMILES string of the molecule is CCN(CC)C(=O)c1ccc(NC(=O)[C@H]2CC(=O)N(C3CCCC3)C2)cc1. The van der Waals surface area contributed by atoms with Crippen LogP contribution in [-0.4, -0.2) is 53.2 Å². The molecule has 3 rings (SSSR count). The number of benzene rings is 1. The predicted molar refractivity (Wildman–Crippen MR) is 104 cm³/mol. The molecule has 0 bridgehead atoms. The first-order valence-corrected chi connectivity index (χ1v) is 10.0. The Balaban J connectivity index is 1.58. The molecule has 27 heavy (non-hydrogen) atoms. The minimum absolute atomic E-state index is 0.00790. The van der Waals surface area contributed by atoms with Gasteiger partial charge in [0.15, 0.2) is 0 Å².